The van der Waals surface area contributed by atoms with Crippen molar-refractivity contribution in [3.05, 3.63) is 54.8 Å². The Morgan fingerprint density at radius 2 is 1.88 bits per heavy atom. The highest BCUT2D eigenvalue weighted by molar-refractivity contribution is 5.77. The molecule has 1 aromatic carbocycles. The molecule has 3 rings (SSSR count). The fraction of sp³-hybridized carbons (Fsp3) is 0.421. The van der Waals surface area contributed by atoms with Gasteiger partial charge in [-0.3, -0.25) is 0 Å². The van der Waals surface area contributed by atoms with Gasteiger partial charge in [0.1, 0.15) is 5.58 Å². The third-order valence-electron chi connectivity index (χ3n) is 3.83. The monoisotopic (exact) mass is 328 g/mol. The van der Waals surface area contributed by atoms with E-state index in [1.54, 1.807) is 12.5 Å². The van der Waals surface area contributed by atoms with Crippen molar-refractivity contribution >= 4 is 11.0 Å². The van der Waals surface area contributed by atoms with Gasteiger partial charge in [-0.05, 0) is 25.0 Å². The second-order valence-corrected chi connectivity index (χ2v) is 5.83. The Kier molecular flexibility index (Phi) is 5.33. The number of fused-ring (bicyclic) bond motifs is 1. The van der Waals surface area contributed by atoms with E-state index in [4.69, 9.17) is 13.9 Å². The molecule has 0 saturated carbocycles. The van der Waals surface area contributed by atoms with Crippen molar-refractivity contribution in [1.29, 1.82) is 0 Å². The summed E-state index contributed by atoms with van der Waals surface area (Å²) < 4.78 is 20.5. The largest absolute Gasteiger partial charge is 0.455 e. The Balaban J connectivity index is 2.02. The van der Waals surface area contributed by atoms with Crippen molar-refractivity contribution in [2.75, 3.05) is 13.2 Å². The lowest BCUT2D eigenvalue weighted by Crippen LogP contribution is -2.38. The van der Waals surface area contributed by atoms with Crippen LogP contribution in [0.1, 0.15) is 32.4 Å². The smallest absolute Gasteiger partial charge is 0.247 e. The molecule has 5 heteroatoms. The zero-order chi connectivity index (χ0) is 16.8. The number of furan rings is 1. The topological polar surface area (TPSA) is 49.4 Å². The van der Waals surface area contributed by atoms with Gasteiger partial charge in [0.25, 0.3) is 0 Å². The third kappa shape index (κ3) is 3.52. The normalized spacial score (nSPS) is 12.1. The number of nitrogens with zero attached hydrogens (tertiary/aromatic N) is 2. The molecular formula is C19H24N2O3. The van der Waals surface area contributed by atoms with Gasteiger partial charge < -0.3 is 18.5 Å². The van der Waals surface area contributed by atoms with Crippen LogP contribution in [0.25, 0.3) is 11.0 Å². The second kappa shape index (κ2) is 7.64. The summed E-state index contributed by atoms with van der Waals surface area (Å²) in [6, 6.07) is 9.97. The lowest BCUT2D eigenvalue weighted by molar-refractivity contribution is -0.264. The molecule has 0 atom stereocenters. The summed E-state index contributed by atoms with van der Waals surface area (Å²) in [5.41, 5.74) is 0.836. The van der Waals surface area contributed by atoms with Crippen LogP contribution in [0.4, 0.5) is 0 Å². The Hall–Kier alpha value is -2.11. The van der Waals surface area contributed by atoms with Gasteiger partial charge in [-0.25, -0.2) is 4.98 Å². The first kappa shape index (κ1) is 16.7. The minimum Gasteiger partial charge on any atom is -0.455 e. The van der Waals surface area contributed by atoms with Crippen molar-refractivity contribution in [2.45, 2.75) is 39.0 Å². The molecule has 0 fully saturated rings. The summed E-state index contributed by atoms with van der Waals surface area (Å²) in [6.07, 6.45) is 7.23. The molecule has 3 aromatic rings. The second-order valence-electron chi connectivity index (χ2n) is 5.83. The van der Waals surface area contributed by atoms with Gasteiger partial charge >= 0.3 is 0 Å². The lowest BCUT2D eigenvalue weighted by Gasteiger charge is -2.32. The van der Waals surface area contributed by atoms with Crippen molar-refractivity contribution in [2.24, 2.45) is 0 Å². The molecule has 0 saturated heterocycles. The van der Waals surface area contributed by atoms with Gasteiger partial charge in [0.05, 0.1) is 26.1 Å². The van der Waals surface area contributed by atoms with Crippen LogP contribution in [-0.2, 0) is 21.8 Å². The molecule has 128 valence electrons. The first-order chi connectivity index (χ1) is 11.8. The highest BCUT2D eigenvalue weighted by Gasteiger charge is 2.38. The molecule has 5 nitrogen and oxygen atoms in total. The number of benzene rings is 1. The van der Waals surface area contributed by atoms with Crippen molar-refractivity contribution in [1.82, 2.24) is 9.55 Å². The lowest BCUT2D eigenvalue weighted by atomic mass is 10.1. The quantitative estimate of drug-likeness (QED) is 0.548. The summed E-state index contributed by atoms with van der Waals surface area (Å²) in [5.74, 6) is -0.259. The van der Waals surface area contributed by atoms with E-state index in [9.17, 15) is 0 Å². The van der Waals surface area contributed by atoms with Crippen LogP contribution in [0.3, 0.4) is 0 Å². The molecule has 2 aromatic heterocycles. The molecule has 0 spiro atoms. The van der Waals surface area contributed by atoms with E-state index < -0.39 is 5.79 Å². The molecule has 0 amide bonds. The number of ether oxygens (including phenoxy) is 2. The van der Waals surface area contributed by atoms with Gasteiger partial charge in [-0.15, -0.1) is 0 Å². The number of aromatic nitrogens is 2. The zero-order valence-electron chi connectivity index (χ0n) is 14.3. The van der Waals surface area contributed by atoms with Crippen LogP contribution in [0, 0.1) is 0 Å². The van der Waals surface area contributed by atoms with Crippen LogP contribution in [0.5, 0.6) is 0 Å². The van der Waals surface area contributed by atoms with Crippen molar-refractivity contribution < 1.29 is 13.9 Å². The SMILES string of the molecule is CCCOC(Cn1ccnc1)(OCCC)c1cc2ccccc2o1. The molecule has 0 radical (unpaired) electrons. The van der Waals surface area contributed by atoms with Crippen LogP contribution >= 0.6 is 0 Å². The van der Waals surface area contributed by atoms with Gasteiger partial charge in [0, 0.05) is 17.8 Å². The average molecular weight is 328 g/mol. The number of hydrogen-bond acceptors (Lipinski definition) is 4. The van der Waals surface area contributed by atoms with E-state index in [1.165, 1.54) is 0 Å². The Morgan fingerprint density at radius 1 is 1.12 bits per heavy atom. The minimum absolute atomic E-state index is 0.493. The third-order valence-corrected chi connectivity index (χ3v) is 3.83. The molecule has 0 aliphatic heterocycles. The van der Waals surface area contributed by atoms with Crippen LogP contribution in [0.15, 0.2) is 53.5 Å². The molecule has 0 unspecified atom stereocenters. The summed E-state index contributed by atoms with van der Waals surface area (Å²) >= 11 is 0. The first-order valence-corrected chi connectivity index (χ1v) is 8.50. The maximum Gasteiger partial charge on any atom is 0.247 e. The van der Waals surface area contributed by atoms with E-state index in [2.05, 4.69) is 18.8 Å². The van der Waals surface area contributed by atoms with E-state index in [0.29, 0.717) is 25.5 Å². The van der Waals surface area contributed by atoms with E-state index in [-0.39, 0.29) is 0 Å². The predicted octanol–water partition coefficient (Wildman–Crippen LogP) is 4.34. The summed E-state index contributed by atoms with van der Waals surface area (Å²) in [6.45, 7) is 5.85. The molecule has 0 bridgehead atoms. The number of rotatable bonds is 9. The number of para-hydroxylation sites is 1. The molecule has 0 N–H and O–H groups in total. The van der Waals surface area contributed by atoms with Crippen LogP contribution < -0.4 is 0 Å². The van der Waals surface area contributed by atoms with E-state index in [0.717, 1.165) is 23.8 Å². The highest BCUT2D eigenvalue weighted by atomic mass is 16.7. The predicted molar refractivity (Wildman–Crippen MR) is 92.6 cm³/mol. The average Bonchev–Trinajstić information content (AvgIpc) is 3.26. The maximum atomic E-state index is 6.21. The maximum absolute atomic E-state index is 6.21. The molecule has 0 aliphatic carbocycles. The fourth-order valence-corrected chi connectivity index (χ4v) is 2.68. The standard InChI is InChI=1S/C19H24N2O3/c1-3-11-22-19(23-12-4-2,14-21-10-9-20-15-21)18-13-16-7-5-6-8-17(16)24-18/h5-10,13,15H,3-4,11-12,14H2,1-2H3. The Labute approximate surface area is 142 Å². The number of imidazole rings is 1. The zero-order valence-corrected chi connectivity index (χ0v) is 14.3. The van der Waals surface area contributed by atoms with Gasteiger partial charge in [-0.2, -0.15) is 0 Å². The Morgan fingerprint density at radius 3 is 2.50 bits per heavy atom. The van der Waals surface area contributed by atoms with Crippen molar-refractivity contribution in [3.8, 4) is 0 Å². The molecule has 24 heavy (non-hydrogen) atoms. The minimum atomic E-state index is -0.953. The van der Waals surface area contributed by atoms with E-state index in [1.807, 2.05) is 41.1 Å². The van der Waals surface area contributed by atoms with Crippen LogP contribution in [-0.4, -0.2) is 22.8 Å². The van der Waals surface area contributed by atoms with Gasteiger partial charge in [-0.1, -0.05) is 32.0 Å². The fourth-order valence-electron chi connectivity index (χ4n) is 2.68. The molecular weight excluding hydrogens is 304 g/mol. The molecule has 2 heterocycles. The summed E-state index contributed by atoms with van der Waals surface area (Å²) in [4.78, 5) is 4.12. The first-order valence-electron chi connectivity index (χ1n) is 8.50. The van der Waals surface area contributed by atoms with Gasteiger partial charge in [0.15, 0.2) is 5.76 Å². The highest BCUT2D eigenvalue weighted by Crippen LogP contribution is 2.34. The van der Waals surface area contributed by atoms with Gasteiger partial charge in [0.2, 0.25) is 5.79 Å². The summed E-state index contributed by atoms with van der Waals surface area (Å²) in [7, 11) is 0. The van der Waals surface area contributed by atoms with Crippen molar-refractivity contribution in [3.63, 3.8) is 0 Å². The van der Waals surface area contributed by atoms with Crippen LogP contribution in [0.2, 0.25) is 0 Å². The number of hydrogen-bond donors (Lipinski definition) is 0. The Bertz CT molecular complexity index is 708. The molecule has 0 aliphatic rings. The van der Waals surface area contributed by atoms with E-state index >= 15 is 0 Å². The summed E-state index contributed by atoms with van der Waals surface area (Å²) in [5, 5.41) is 1.04.